The molecule has 0 fully saturated rings. The first-order valence-electron chi connectivity index (χ1n) is 5.71. The van der Waals surface area contributed by atoms with E-state index < -0.39 is 23.1 Å². The fourth-order valence-corrected chi connectivity index (χ4v) is 1.77. The average Bonchev–Trinajstić information content (AvgIpc) is 2.85. The summed E-state index contributed by atoms with van der Waals surface area (Å²) in [5, 5.41) is 10.0. The number of halogens is 2. The molecule has 7 heteroatoms. The Kier molecular flexibility index (Phi) is 2.86. The van der Waals surface area contributed by atoms with Gasteiger partial charge in [-0.3, -0.25) is 14.5 Å². The minimum atomic E-state index is -0.808. The van der Waals surface area contributed by atoms with Crippen LogP contribution in [0.5, 0.6) is 0 Å². The van der Waals surface area contributed by atoms with E-state index in [0.717, 1.165) is 18.2 Å². The lowest BCUT2D eigenvalue weighted by atomic mass is 10.2. The number of hydrogen-bond donors (Lipinski definition) is 1. The standard InChI is InChI=1S/C13H8F2N4O/c14-8-4-5-10(15)9(7-8)12(20)16-13-18-17-11-3-1-2-6-19(11)13/h1-7H,(H,16,18,20). The van der Waals surface area contributed by atoms with Gasteiger partial charge in [-0.15, -0.1) is 10.2 Å². The molecule has 0 radical (unpaired) electrons. The molecule has 3 aromatic rings. The number of amides is 1. The zero-order valence-electron chi connectivity index (χ0n) is 10.0. The summed E-state index contributed by atoms with van der Waals surface area (Å²) < 4.78 is 28.1. The molecule has 0 aliphatic heterocycles. The number of aromatic nitrogens is 3. The van der Waals surface area contributed by atoms with Crippen LogP contribution in [-0.4, -0.2) is 20.5 Å². The quantitative estimate of drug-likeness (QED) is 0.779. The molecule has 0 aliphatic rings. The van der Waals surface area contributed by atoms with E-state index in [2.05, 4.69) is 15.5 Å². The van der Waals surface area contributed by atoms with Gasteiger partial charge in [0.05, 0.1) is 5.56 Å². The highest BCUT2D eigenvalue weighted by atomic mass is 19.1. The van der Waals surface area contributed by atoms with Gasteiger partial charge in [-0.05, 0) is 30.3 Å². The van der Waals surface area contributed by atoms with Gasteiger partial charge in [0, 0.05) is 6.20 Å². The van der Waals surface area contributed by atoms with Crippen molar-refractivity contribution in [1.29, 1.82) is 0 Å². The van der Waals surface area contributed by atoms with E-state index in [-0.39, 0.29) is 5.95 Å². The highest BCUT2D eigenvalue weighted by Gasteiger charge is 2.15. The van der Waals surface area contributed by atoms with Gasteiger partial charge in [-0.1, -0.05) is 6.07 Å². The first-order chi connectivity index (χ1) is 9.65. The molecule has 100 valence electrons. The van der Waals surface area contributed by atoms with Crippen molar-refractivity contribution in [2.75, 3.05) is 5.32 Å². The number of carbonyl (C=O) groups is 1. The fourth-order valence-electron chi connectivity index (χ4n) is 1.77. The third kappa shape index (κ3) is 2.09. The van der Waals surface area contributed by atoms with E-state index in [0.29, 0.717) is 5.65 Å². The van der Waals surface area contributed by atoms with Crippen LogP contribution in [0.3, 0.4) is 0 Å². The molecule has 2 heterocycles. The van der Waals surface area contributed by atoms with E-state index in [4.69, 9.17) is 0 Å². The molecular weight excluding hydrogens is 266 g/mol. The molecule has 0 aliphatic carbocycles. The van der Waals surface area contributed by atoms with Gasteiger partial charge in [-0.25, -0.2) is 8.78 Å². The lowest BCUT2D eigenvalue weighted by Gasteiger charge is -2.04. The molecule has 3 rings (SSSR count). The van der Waals surface area contributed by atoms with E-state index in [1.165, 1.54) is 4.40 Å². The predicted octanol–water partition coefficient (Wildman–Crippen LogP) is 2.26. The number of hydrogen-bond acceptors (Lipinski definition) is 3. The van der Waals surface area contributed by atoms with Crippen molar-refractivity contribution in [2.24, 2.45) is 0 Å². The first-order valence-corrected chi connectivity index (χ1v) is 5.71. The first kappa shape index (κ1) is 12.2. The molecular formula is C13H8F2N4O. The summed E-state index contributed by atoms with van der Waals surface area (Å²) in [6.45, 7) is 0. The van der Waals surface area contributed by atoms with Crippen LogP contribution in [-0.2, 0) is 0 Å². The molecule has 0 spiro atoms. The summed E-state index contributed by atoms with van der Waals surface area (Å²) in [4.78, 5) is 11.9. The van der Waals surface area contributed by atoms with Crippen molar-refractivity contribution in [1.82, 2.24) is 14.6 Å². The summed E-state index contributed by atoms with van der Waals surface area (Å²) >= 11 is 0. The second-order valence-corrected chi connectivity index (χ2v) is 4.03. The highest BCUT2D eigenvalue weighted by molar-refractivity contribution is 6.03. The monoisotopic (exact) mass is 274 g/mol. The SMILES string of the molecule is O=C(Nc1nnc2ccccn12)c1cc(F)ccc1F. The number of nitrogens with zero attached hydrogens (tertiary/aromatic N) is 3. The summed E-state index contributed by atoms with van der Waals surface area (Å²) in [5.74, 6) is -2.16. The number of nitrogens with one attached hydrogen (secondary N) is 1. The number of pyridine rings is 1. The van der Waals surface area contributed by atoms with Crippen LogP contribution in [0.15, 0.2) is 42.6 Å². The second kappa shape index (κ2) is 4.69. The number of anilines is 1. The number of rotatable bonds is 2. The van der Waals surface area contributed by atoms with Gasteiger partial charge >= 0.3 is 0 Å². The topological polar surface area (TPSA) is 59.3 Å². The Morgan fingerprint density at radius 2 is 2.00 bits per heavy atom. The van der Waals surface area contributed by atoms with Crippen molar-refractivity contribution in [2.45, 2.75) is 0 Å². The van der Waals surface area contributed by atoms with E-state index >= 15 is 0 Å². The molecule has 20 heavy (non-hydrogen) atoms. The van der Waals surface area contributed by atoms with Gasteiger partial charge in [0.2, 0.25) is 5.95 Å². The third-order valence-electron chi connectivity index (χ3n) is 2.71. The van der Waals surface area contributed by atoms with E-state index in [9.17, 15) is 13.6 Å². The van der Waals surface area contributed by atoms with Gasteiger partial charge in [0.15, 0.2) is 5.65 Å². The average molecular weight is 274 g/mol. The van der Waals surface area contributed by atoms with Crippen molar-refractivity contribution >= 4 is 17.5 Å². The Morgan fingerprint density at radius 3 is 2.85 bits per heavy atom. The molecule has 0 unspecified atom stereocenters. The lowest BCUT2D eigenvalue weighted by Crippen LogP contribution is -2.16. The van der Waals surface area contributed by atoms with Crippen molar-refractivity contribution in [3.8, 4) is 0 Å². The van der Waals surface area contributed by atoms with E-state index in [1.54, 1.807) is 24.4 Å². The fraction of sp³-hybridized carbons (Fsp3) is 0. The van der Waals surface area contributed by atoms with Gasteiger partial charge in [0.1, 0.15) is 11.6 Å². The summed E-state index contributed by atoms with van der Waals surface area (Å²) in [6.07, 6.45) is 1.65. The van der Waals surface area contributed by atoms with Crippen LogP contribution in [0.1, 0.15) is 10.4 Å². The summed E-state index contributed by atoms with van der Waals surface area (Å²) in [7, 11) is 0. The van der Waals surface area contributed by atoms with Gasteiger partial charge < -0.3 is 0 Å². The molecule has 1 aromatic carbocycles. The smallest absolute Gasteiger partial charge is 0.261 e. The van der Waals surface area contributed by atoms with Crippen molar-refractivity contribution in [3.05, 3.63) is 59.8 Å². The molecule has 5 nitrogen and oxygen atoms in total. The van der Waals surface area contributed by atoms with Crippen LogP contribution in [0.25, 0.3) is 5.65 Å². The zero-order chi connectivity index (χ0) is 14.1. The van der Waals surface area contributed by atoms with Crippen LogP contribution in [0.4, 0.5) is 14.7 Å². The Labute approximate surface area is 111 Å². The van der Waals surface area contributed by atoms with Crippen LogP contribution in [0, 0.1) is 11.6 Å². The molecule has 0 saturated carbocycles. The Hall–Kier alpha value is -2.83. The lowest BCUT2D eigenvalue weighted by molar-refractivity contribution is 0.102. The number of fused-ring (bicyclic) bond motifs is 1. The van der Waals surface area contributed by atoms with Crippen molar-refractivity contribution in [3.63, 3.8) is 0 Å². The third-order valence-corrected chi connectivity index (χ3v) is 2.71. The molecule has 1 amide bonds. The number of carbonyl (C=O) groups excluding carboxylic acids is 1. The molecule has 1 N–H and O–H groups in total. The minimum absolute atomic E-state index is 0.134. The van der Waals surface area contributed by atoms with Crippen LogP contribution < -0.4 is 5.32 Å². The van der Waals surface area contributed by atoms with Crippen molar-refractivity contribution < 1.29 is 13.6 Å². The maximum Gasteiger partial charge on any atom is 0.261 e. The second-order valence-electron chi connectivity index (χ2n) is 4.03. The zero-order valence-corrected chi connectivity index (χ0v) is 10.0. The number of benzene rings is 1. The Bertz CT molecular complexity index is 800. The predicted molar refractivity (Wildman–Crippen MR) is 67.3 cm³/mol. The van der Waals surface area contributed by atoms with Gasteiger partial charge in [-0.2, -0.15) is 0 Å². The largest absolute Gasteiger partial charge is 0.290 e. The molecule has 2 aromatic heterocycles. The summed E-state index contributed by atoms with van der Waals surface area (Å²) in [5.41, 5.74) is 0.139. The maximum atomic E-state index is 13.5. The maximum absolute atomic E-state index is 13.5. The normalized spacial score (nSPS) is 10.7. The summed E-state index contributed by atoms with van der Waals surface area (Å²) in [6, 6.07) is 7.86. The van der Waals surface area contributed by atoms with Gasteiger partial charge in [0.25, 0.3) is 5.91 Å². The van der Waals surface area contributed by atoms with Crippen LogP contribution in [0.2, 0.25) is 0 Å². The molecule has 0 atom stereocenters. The van der Waals surface area contributed by atoms with E-state index in [1.807, 2.05) is 0 Å². The molecule has 0 saturated heterocycles. The minimum Gasteiger partial charge on any atom is -0.290 e. The Morgan fingerprint density at radius 1 is 1.15 bits per heavy atom. The molecule has 0 bridgehead atoms. The Balaban J connectivity index is 1.94. The highest BCUT2D eigenvalue weighted by Crippen LogP contribution is 2.13. The van der Waals surface area contributed by atoms with Crippen LogP contribution >= 0.6 is 0 Å².